The van der Waals surface area contributed by atoms with E-state index in [0.29, 0.717) is 16.8 Å². The summed E-state index contributed by atoms with van der Waals surface area (Å²) in [6.45, 7) is 2.04. The number of nitrogens with one attached hydrogen (secondary N) is 2. The van der Waals surface area contributed by atoms with Gasteiger partial charge in [0.15, 0.2) is 0 Å². The Hall–Kier alpha value is -2.93. The van der Waals surface area contributed by atoms with E-state index in [4.69, 9.17) is 4.42 Å². The summed E-state index contributed by atoms with van der Waals surface area (Å²) in [7, 11) is 0. The number of benzene rings is 2. The molecule has 138 valence electrons. The summed E-state index contributed by atoms with van der Waals surface area (Å²) < 4.78 is 6.06. The number of carbonyl (C=O) groups is 2. The minimum Gasteiger partial charge on any atom is -0.423 e. The molecule has 1 aromatic heterocycles. The van der Waals surface area contributed by atoms with E-state index >= 15 is 0 Å². The van der Waals surface area contributed by atoms with Crippen LogP contribution in [-0.2, 0) is 4.79 Å². The molecule has 3 rings (SSSR count). The maximum absolute atomic E-state index is 12.1. The quantitative estimate of drug-likeness (QED) is 0.607. The van der Waals surface area contributed by atoms with Crippen molar-refractivity contribution in [1.29, 1.82) is 0 Å². The van der Waals surface area contributed by atoms with Gasteiger partial charge in [-0.05, 0) is 48.9 Å². The Bertz CT molecular complexity index is 1060. The van der Waals surface area contributed by atoms with Crippen LogP contribution in [0.5, 0.6) is 0 Å². The van der Waals surface area contributed by atoms with Gasteiger partial charge < -0.3 is 15.1 Å². The average molecular weight is 429 g/mol. The third-order valence-corrected chi connectivity index (χ3v) is 4.51. The third kappa shape index (κ3) is 4.83. The number of hydrogen-bond acceptors (Lipinski definition) is 4. The van der Waals surface area contributed by atoms with E-state index in [0.717, 1.165) is 15.4 Å². The van der Waals surface area contributed by atoms with Crippen molar-refractivity contribution in [2.45, 2.75) is 13.3 Å². The number of rotatable bonds is 5. The molecule has 2 N–H and O–H groups in total. The smallest absolute Gasteiger partial charge is 0.336 e. The van der Waals surface area contributed by atoms with Crippen molar-refractivity contribution in [2.75, 3.05) is 11.9 Å². The molecule has 0 unspecified atom stereocenters. The molecule has 0 bridgehead atoms. The second-order valence-electron chi connectivity index (χ2n) is 6.02. The first-order chi connectivity index (χ1) is 12.9. The molecule has 27 heavy (non-hydrogen) atoms. The van der Waals surface area contributed by atoms with Crippen molar-refractivity contribution >= 4 is 44.4 Å². The van der Waals surface area contributed by atoms with E-state index in [2.05, 4.69) is 26.6 Å². The zero-order valence-electron chi connectivity index (χ0n) is 14.5. The topological polar surface area (TPSA) is 88.4 Å². The van der Waals surface area contributed by atoms with Crippen molar-refractivity contribution in [1.82, 2.24) is 5.32 Å². The fourth-order valence-electron chi connectivity index (χ4n) is 2.62. The van der Waals surface area contributed by atoms with Crippen molar-refractivity contribution in [3.63, 3.8) is 0 Å². The molecule has 0 aliphatic heterocycles. The van der Waals surface area contributed by atoms with Gasteiger partial charge in [-0.1, -0.05) is 15.9 Å². The molecule has 1 heterocycles. The van der Waals surface area contributed by atoms with Crippen molar-refractivity contribution in [3.05, 3.63) is 74.6 Å². The zero-order valence-corrected chi connectivity index (χ0v) is 16.1. The van der Waals surface area contributed by atoms with Gasteiger partial charge in [0, 0.05) is 46.2 Å². The van der Waals surface area contributed by atoms with Gasteiger partial charge in [-0.3, -0.25) is 9.59 Å². The summed E-state index contributed by atoms with van der Waals surface area (Å²) in [4.78, 5) is 35.6. The SMILES string of the molecule is Cc1cc(=O)oc2cc(NC(=O)CCNC(=O)c3ccc(Br)cc3)ccc12. The second-order valence-corrected chi connectivity index (χ2v) is 6.94. The number of fused-ring (bicyclic) bond motifs is 1. The monoisotopic (exact) mass is 428 g/mol. The maximum atomic E-state index is 12.1. The third-order valence-electron chi connectivity index (χ3n) is 3.98. The van der Waals surface area contributed by atoms with E-state index < -0.39 is 5.63 Å². The van der Waals surface area contributed by atoms with Gasteiger partial charge in [0.1, 0.15) is 5.58 Å². The van der Waals surface area contributed by atoms with Crippen LogP contribution in [0.1, 0.15) is 22.3 Å². The molecule has 0 radical (unpaired) electrons. The van der Waals surface area contributed by atoms with Gasteiger partial charge in [-0.25, -0.2) is 4.79 Å². The minimum absolute atomic E-state index is 0.123. The van der Waals surface area contributed by atoms with Crippen LogP contribution in [0.3, 0.4) is 0 Å². The average Bonchev–Trinajstić information content (AvgIpc) is 2.61. The van der Waals surface area contributed by atoms with Gasteiger partial charge in [0.25, 0.3) is 5.91 Å². The summed E-state index contributed by atoms with van der Waals surface area (Å²) in [5, 5.41) is 6.25. The largest absolute Gasteiger partial charge is 0.423 e. The standard InChI is InChI=1S/C20H17BrN2O4/c1-12-10-19(25)27-17-11-15(6-7-16(12)17)23-18(24)8-9-22-20(26)13-2-4-14(21)5-3-13/h2-7,10-11H,8-9H2,1H3,(H,22,26)(H,23,24). The van der Waals surface area contributed by atoms with E-state index in [1.54, 1.807) is 42.5 Å². The summed E-state index contributed by atoms with van der Waals surface area (Å²) in [6, 6.07) is 13.5. The summed E-state index contributed by atoms with van der Waals surface area (Å²) in [5.41, 5.74) is 1.86. The molecule has 3 aromatic rings. The number of amides is 2. The van der Waals surface area contributed by atoms with Gasteiger partial charge in [0.2, 0.25) is 5.91 Å². The lowest BCUT2D eigenvalue weighted by molar-refractivity contribution is -0.116. The highest BCUT2D eigenvalue weighted by Gasteiger charge is 2.08. The minimum atomic E-state index is -0.431. The molecule has 7 heteroatoms. The predicted molar refractivity (Wildman–Crippen MR) is 107 cm³/mol. The first-order valence-electron chi connectivity index (χ1n) is 8.30. The molecule has 0 atom stereocenters. The Morgan fingerprint density at radius 3 is 2.56 bits per heavy atom. The highest BCUT2D eigenvalue weighted by Crippen LogP contribution is 2.20. The van der Waals surface area contributed by atoms with Crippen LogP contribution in [0.4, 0.5) is 5.69 Å². The lowest BCUT2D eigenvalue weighted by atomic mass is 10.1. The van der Waals surface area contributed by atoms with E-state index in [-0.39, 0.29) is 24.8 Å². The summed E-state index contributed by atoms with van der Waals surface area (Å²) in [5.74, 6) is -0.487. The number of halogens is 1. The first kappa shape index (κ1) is 18.8. The maximum Gasteiger partial charge on any atom is 0.336 e. The molecule has 2 aromatic carbocycles. The molecule has 0 aliphatic rings. The van der Waals surface area contributed by atoms with E-state index in [1.165, 1.54) is 6.07 Å². The van der Waals surface area contributed by atoms with Gasteiger partial charge in [0.05, 0.1) is 0 Å². The molecule has 0 spiro atoms. The number of hydrogen-bond donors (Lipinski definition) is 2. The zero-order chi connectivity index (χ0) is 19.4. The van der Waals surface area contributed by atoms with Crippen LogP contribution in [0.2, 0.25) is 0 Å². The van der Waals surface area contributed by atoms with Crippen LogP contribution in [-0.4, -0.2) is 18.4 Å². The summed E-state index contributed by atoms with van der Waals surface area (Å²) >= 11 is 3.31. The molecule has 0 saturated heterocycles. The Balaban J connectivity index is 1.56. The number of carbonyl (C=O) groups excluding carboxylic acids is 2. The molecule has 2 amide bonds. The fourth-order valence-corrected chi connectivity index (χ4v) is 2.88. The van der Waals surface area contributed by atoms with E-state index in [1.807, 2.05) is 6.92 Å². The Kier molecular flexibility index (Phi) is 5.71. The Labute approximate surface area is 163 Å². The van der Waals surface area contributed by atoms with Crippen LogP contribution >= 0.6 is 15.9 Å². The molecule has 6 nitrogen and oxygen atoms in total. The van der Waals surface area contributed by atoms with Crippen LogP contribution in [0, 0.1) is 6.92 Å². The fraction of sp³-hybridized carbons (Fsp3) is 0.150. The highest BCUT2D eigenvalue weighted by atomic mass is 79.9. The van der Waals surface area contributed by atoms with Gasteiger partial charge >= 0.3 is 5.63 Å². The van der Waals surface area contributed by atoms with Gasteiger partial charge in [-0.2, -0.15) is 0 Å². The predicted octanol–water partition coefficient (Wildman–Crippen LogP) is 3.62. The molecular formula is C20H17BrN2O4. The first-order valence-corrected chi connectivity index (χ1v) is 9.10. The number of anilines is 1. The molecule has 0 aliphatic carbocycles. The molecular weight excluding hydrogens is 412 g/mol. The van der Waals surface area contributed by atoms with E-state index in [9.17, 15) is 14.4 Å². The molecule has 0 saturated carbocycles. The Morgan fingerprint density at radius 1 is 1.07 bits per heavy atom. The highest BCUT2D eigenvalue weighted by molar-refractivity contribution is 9.10. The van der Waals surface area contributed by atoms with Gasteiger partial charge in [-0.15, -0.1) is 0 Å². The normalized spacial score (nSPS) is 10.6. The lowest BCUT2D eigenvalue weighted by Crippen LogP contribution is -2.27. The van der Waals surface area contributed by atoms with Crippen LogP contribution < -0.4 is 16.3 Å². The van der Waals surface area contributed by atoms with Crippen molar-refractivity contribution < 1.29 is 14.0 Å². The summed E-state index contributed by atoms with van der Waals surface area (Å²) in [6.07, 6.45) is 0.123. The number of aryl methyl sites for hydroxylation is 1. The second kappa shape index (κ2) is 8.18. The van der Waals surface area contributed by atoms with Crippen molar-refractivity contribution in [3.8, 4) is 0 Å². The van der Waals surface area contributed by atoms with Crippen molar-refractivity contribution in [2.24, 2.45) is 0 Å². The lowest BCUT2D eigenvalue weighted by Gasteiger charge is -2.08. The molecule has 0 fully saturated rings. The van der Waals surface area contributed by atoms with Crippen LogP contribution in [0.15, 0.2) is 62.2 Å². The Morgan fingerprint density at radius 2 is 1.81 bits per heavy atom. The van der Waals surface area contributed by atoms with Crippen LogP contribution in [0.25, 0.3) is 11.0 Å².